The van der Waals surface area contributed by atoms with Gasteiger partial charge in [-0.05, 0) is 74.2 Å². The van der Waals surface area contributed by atoms with Gasteiger partial charge in [-0.3, -0.25) is 0 Å². The molecule has 1 N–H and O–H groups in total. The molecule has 2 aliphatic carbocycles. The average Bonchev–Trinajstić information content (AvgIpc) is 2.69. The lowest BCUT2D eigenvalue weighted by atomic mass is 9.63. The van der Waals surface area contributed by atoms with Crippen LogP contribution < -0.4 is 5.32 Å². The Morgan fingerprint density at radius 3 is 2.16 bits per heavy atom. The van der Waals surface area contributed by atoms with E-state index in [2.05, 4.69) is 39.9 Å². The lowest BCUT2D eigenvalue weighted by Gasteiger charge is -2.42. The molecule has 0 saturated heterocycles. The second-order valence-corrected chi connectivity index (χ2v) is 8.88. The molecule has 2 saturated carbocycles. The van der Waals surface area contributed by atoms with Crippen LogP contribution in [-0.4, -0.2) is 12.6 Å². The van der Waals surface area contributed by atoms with Crippen molar-refractivity contribution in [1.29, 1.82) is 0 Å². The zero-order valence-electron chi connectivity index (χ0n) is 13.9. The summed E-state index contributed by atoms with van der Waals surface area (Å²) in [6.07, 6.45) is 10.3. The van der Waals surface area contributed by atoms with Crippen LogP contribution in [0, 0.1) is 22.7 Å². The number of rotatable bonds is 3. The Morgan fingerprint density at radius 1 is 1.05 bits per heavy atom. The monoisotopic (exact) mass is 265 g/mol. The summed E-state index contributed by atoms with van der Waals surface area (Å²) in [5.74, 6) is 1.74. The third-order valence-electron chi connectivity index (χ3n) is 5.79. The topological polar surface area (TPSA) is 12.0 Å². The summed E-state index contributed by atoms with van der Waals surface area (Å²) < 4.78 is 0. The Bertz CT molecular complexity index is 279. The molecule has 112 valence electrons. The van der Waals surface area contributed by atoms with E-state index in [0.717, 1.165) is 23.3 Å². The Balaban J connectivity index is 1.81. The van der Waals surface area contributed by atoms with Crippen LogP contribution in [0.5, 0.6) is 0 Å². The molecule has 0 radical (unpaired) electrons. The predicted octanol–water partition coefficient (Wildman–Crippen LogP) is 5.01. The minimum atomic E-state index is 0.523. The van der Waals surface area contributed by atoms with E-state index in [4.69, 9.17) is 0 Å². The number of hydrogen-bond acceptors (Lipinski definition) is 1. The molecule has 2 aliphatic rings. The summed E-state index contributed by atoms with van der Waals surface area (Å²) in [5.41, 5.74) is 1.24. The molecule has 1 unspecified atom stereocenters. The smallest absolute Gasteiger partial charge is 0.00726 e. The third-order valence-corrected chi connectivity index (χ3v) is 5.79. The second-order valence-electron chi connectivity index (χ2n) is 8.88. The second kappa shape index (κ2) is 5.76. The first-order valence-corrected chi connectivity index (χ1v) is 8.54. The van der Waals surface area contributed by atoms with Gasteiger partial charge in [0.1, 0.15) is 0 Å². The highest BCUT2D eigenvalue weighted by Gasteiger charge is 2.43. The SMILES string of the molecule is CC(C)CNC1CCC2(CCC(C(C)(C)C)CC2)C1. The average molecular weight is 265 g/mol. The normalized spacial score (nSPS) is 36.3. The highest BCUT2D eigenvalue weighted by atomic mass is 14.9. The molecule has 0 amide bonds. The van der Waals surface area contributed by atoms with Crippen molar-refractivity contribution in [2.75, 3.05) is 6.54 Å². The Labute approximate surface area is 120 Å². The van der Waals surface area contributed by atoms with Crippen LogP contribution in [0.2, 0.25) is 0 Å². The van der Waals surface area contributed by atoms with Gasteiger partial charge >= 0.3 is 0 Å². The molecule has 19 heavy (non-hydrogen) atoms. The van der Waals surface area contributed by atoms with Crippen LogP contribution in [0.15, 0.2) is 0 Å². The van der Waals surface area contributed by atoms with Gasteiger partial charge in [-0.25, -0.2) is 0 Å². The van der Waals surface area contributed by atoms with Gasteiger partial charge < -0.3 is 5.32 Å². The Hall–Kier alpha value is -0.0400. The molecule has 0 aromatic heterocycles. The number of hydrogen-bond donors (Lipinski definition) is 1. The van der Waals surface area contributed by atoms with Crippen molar-refractivity contribution in [3.8, 4) is 0 Å². The molecule has 1 spiro atoms. The van der Waals surface area contributed by atoms with E-state index in [1.54, 1.807) is 0 Å². The van der Waals surface area contributed by atoms with Gasteiger partial charge in [0.15, 0.2) is 0 Å². The molecule has 1 atom stereocenters. The van der Waals surface area contributed by atoms with Gasteiger partial charge in [0.05, 0.1) is 0 Å². The maximum atomic E-state index is 3.79. The maximum absolute atomic E-state index is 3.79. The predicted molar refractivity (Wildman–Crippen MR) is 84.3 cm³/mol. The fourth-order valence-electron chi connectivity index (χ4n) is 4.33. The first kappa shape index (κ1) is 15.4. The summed E-state index contributed by atoms with van der Waals surface area (Å²) >= 11 is 0. The molecule has 1 nitrogen and oxygen atoms in total. The van der Waals surface area contributed by atoms with E-state index in [1.807, 2.05) is 0 Å². The number of nitrogens with one attached hydrogen (secondary N) is 1. The summed E-state index contributed by atoms with van der Waals surface area (Å²) in [5, 5.41) is 3.79. The minimum Gasteiger partial charge on any atom is -0.314 e. The van der Waals surface area contributed by atoms with Gasteiger partial charge in [-0.15, -0.1) is 0 Å². The molecular weight excluding hydrogens is 230 g/mol. The van der Waals surface area contributed by atoms with E-state index in [0.29, 0.717) is 5.41 Å². The molecule has 2 rings (SSSR count). The molecule has 0 aromatic carbocycles. The van der Waals surface area contributed by atoms with Gasteiger partial charge in [0, 0.05) is 6.04 Å². The van der Waals surface area contributed by atoms with E-state index < -0.39 is 0 Å². The van der Waals surface area contributed by atoms with Gasteiger partial charge in [0.25, 0.3) is 0 Å². The fraction of sp³-hybridized carbons (Fsp3) is 1.00. The van der Waals surface area contributed by atoms with Crippen molar-refractivity contribution in [1.82, 2.24) is 5.32 Å². The van der Waals surface area contributed by atoms with Crippen molar-refractivity contribution in [2.24, 2.45) is 22.7 Å². The van der Waals surface area contributed by atoms with Crippen molar-refractivity contribution in [3.63, 3.8) is 0 Å². The van der Waals surface area contributed by atoms with Crippen molar-refractivity contribution in [2.45, 2.75) is 85.6 Å². The van der Waals surface area contributed by atoms with Gasteiger partial charge in [-0.2, -0.15) is 0 Å². The van der Waals surface area contributed by atoms with Crippen molar-refractivity contribution < 1.29 is 0 Å². The first-order chi connectivity index (χ1) is 8.81. The minimum absolute atomic E-state index is 0.523. The van der Waals surface area contributed by atoms with Gasteiger partial charge in [-0.1, -0.05) is 34.6 Å². The highest BCUT2D eigenvalue weighted by Crippen LogP contribution is 2.53. The zero-order chi connectivity index (χ0) is 14.1. The lowest BCUT2D eigenvalue weighted by Crippen LogP contribution is -2.34. The standard InChI is InChI=1S/C18H35N/c1-14(2)13-19-16-8-11-18(12-16)9-6-15(7-10-18)17(3,4)5/h14-16,19H,6-13H2,1-5H3. The molecular formula is C18H35N. The summed E-state index contributed by atoms with van der Waals surface area (Å²) in [4.78, 5) is 0. The Morgan fingerprint density at radius 2 is 1.63 bits per heavy atom. The first-order valence-electron chi connectivity index (χ1n) is 8.54. The van der Waals surface area contributed by atoms with Crippen LogP contribution in [0.1, 0.15) is 79.6 Å². The lowest BCUT2D eigenvalue weighted by molar-refractivity contribution is 0.0899. The molecule has 0 bridgehead atoms. The quantitative estimate of drug-likeness (QED) is 0.756. The van der Waals surface area contributed by atoms with Crippen LogP contribution >= 0.6 is 0 Å². The van der Waals surface area contributed by atoms with Crippen molar-refractivity contribution in [3.05, 3.63) is 0 Å². The third kappa shape index (κ3) is 3.97. The van der Waals surface area contributed by atoms with E-state index in [1.165, 1.54) is 51.5 Å². The van der Waals surface area contributed by atoms with E-state index >= 15 is 0 Å². The molecule has 2 fully saturated rings. The maximum Gasteiger partial charge on any atom is 0.00726 e. The van der Waals surface area contributed by atoms with Gasteiger partial charge in [0.2, 0.25) is 0 Å². The van der Waals surface area contributed by atoms with E-state index in [-0.39, 0.29) is 0 Å². The fourth-order valence-corrected chi connectivity index (χ4v) is 4.33. The van der Waals surface area contributed by atoms with Crippen LogP contribution in [0.4, 0.5) is 0 Å². The molecule has 1 heteroatoms. The molecule has 0 aromatic rings. The Kier molecular flexibility index (Phi) is 4.65. The van der Waals surface area contributed by atoms with Crippen LogP contribution in [-0.2, 0) is 0 Å². The van der Waals surface area contributed by atoms with Crippen LogP contribution in [0.3, 0.4) is 0 Å². The molecule has 0 heterocycles. The molecule has 0 aliphatic heterocycles. The summed E-state index contributed by atoms with van der Waals surface area (Å²) in [7, 11) is 0. The zero-order valence-corrected chi connectivity index (χ0v) is 13.9. The largest absolute Gasteiger partial charge is 0.314 e. The highest BCUT2D eigenvalue weighted by molar-refractivity contribution is 4.96. The van der Waals surface area contributed by atoms with Crippen molar-refractivity contribution >= 4 is 0 Å². The summed E-state index contributed by atoms with van der Waals surface area (Å²) in [6, 6.07) is 0.814. The van der Waals surface area contributed by atoms with E-state index in [9.17, 15) is 0 Å². The van der Waals surface area contributed by atoms with Crippen LogP contribution in [0.25, 0.3) is 0 Å². The summed E-state index contributed by atoms with van der Waals surface area (Å²) in [6.45, 7) is 13.1.